The lowest BCUT2D eigenvalue weighted by Crippen LogP contribution is -2.44. The predicted octanol–water partition coefficient (Wildman–Crippen LogP) is 2.56. The van der Waals surface area contributed by atoms with Crippen LogP contribution < -0.4 is 0 Å². The van der Waals surface area contributed by atoms with Crippen LogP contribution in [0.1, 0.15) is 23.6 Å². The van der Waals surface area contributed by atoms with Crippen molar-refractivity contribution in [3.63, 3.8) is 0 Å². The van der Waals surface area contributed by atoms with Crippen molar-refractivity contribution in [2.24, 2.45) is 0 Å². The van der Waals surface area contributed by atoms with Gasteiger partial charge in [0.1, 0.15) is 5.01 Å². The molecular formula is C15H18ClN3O3S2. The fourth-order valence-corrected chi connectivity index (χ4v) is 4.51. The van der Waals surface area contributed by atoms with Crippen LogP contribution in [0.15, 0.2) is 28.6 Å². The van der Waals surface area contributed by atoms with Gasteiger partial charge in [-0.2, -0.15) is 0 Å². The second kappa shape index (κ2) is 7.05. The van der Waals surface area contributed by atoms with Crippen LogP contribution in [0.4, 0.5) is 0 Å². The van der Waals surface area contributed by atoms with E-state index < -0.39 is 9.84 Å². The Morgan fingerprint density at radius 1 is 1.38 bits per heavy atom. The highest BCUT2D eigenvalue weighted by molar-refractivity contribution is 7.92. The molecule has 1 fully saturated rings. The van der Waals surface area contributed by atoms with Gasteiger partial charge in [0.2, 0.25) is 14.2 Å². The SMILES string of the molecule is C[C@H]1CO[C@H](c2ccccc2Cl)CN1Cc1nnc(S(C)(=O)=O)s1. The van der Waals surface area contributed by atoms with Gasteiger partial charge in [0.15, 0.2) is 0 Å². The second-order valence-corrected chi connectivity index (χ2v) is 9.51. The Bertz CT molecular complexity index is 825. The molecule has 1 aromatic carbocycles. The third-order valence-electron chi connectivity index (χ3n) is 3.92. The topological polar surface area (TPSA) is 72.4 Å². The van der Waals surface area contributed by atoms with Crippen molar-refractivity contribution in [2.45, 2.75) is 30.0 Å². The first-order chi connectivity index (χ1) is 11.3. The van der Waals surface area contributed by atoms with E-state index in [0.29, 0.717) is 29.7 Å². The van der Waals surface area contributed by atoms with Crippen molar-refractivity contribution in [3.8, 4) is 0 Å². The largest absolute Gasteiger partial charge is 0.371 e. The molecule has 3 rings (SSSR count). The molecule has 0 amide bonds. The van der Waals surface area contributed by atoms with E-state index in [1.807, 2.05) is 24.3 Å². The minimum atomic E-state index is -3.31. The summed E-state index contributed by atoms with van der Waals surface area (Å²) >= 11 is 7.39. The summed E-state index contributed by atoms with van der Waals surface area (Å²) in [6.07, 6.45) is 1.03. The summed E-state index contributed by atoms with van der Waals surface area (Å²) in [5, 5.41) is 9.15. The fourth-order valence-electron chi connectivity index (χ4n) is 2.58. The monoisotopic (exact) mass is 387 g/mol. The first-order valence-corrected chi connectivity index (χ1v) is 10.6. The maximum Gasteiger partial charge on any atom is 0.232 e. The Labute approximate surface area is 150 Å². The van der Waals surface area contributed by atoms with Crippen LogP contribution in [-0.4, -0.2) is 49.0 Å². The molecule has 0 aliphatic carbocycles. The molecule has 1 aliphatic rings. The van der Waals surface area contributed by atoms with Crippen molar-refractivity contribution in [2.75, 3.05) is 19.4 Å². The summed E-state index contributed by atoms with van der Waals surface area (Å²) in [5.74, 6) is 0. The molecule has 0 spiro atoms. The summed E-state index contributed by atoms with van der Waals surface area (Å²) in [6, 6.07) is 7.85. The first-order valence-electron chi connectivity index (χ1n) is 7.47. The normalized spacial score (nSPS) is 22.6. The molecule has 2 aromatic rings. The number of hydrogen-bond donors (Lipinski definition) is 0. The number of rotatable bonds is 4. The zero-order valence-electron chi connectivity index (χ0n) is 13.3. The van der Waals surface area contributed by atoms with Crippen LogP contribution in [0.5, 0.6) is 0 Å². The average Bonchev–Trinajstić information content (AvgIpc) is 2.99. The van der Waals surface area contributed by atoms with Gasteiger partial charge in [0.25, 0.3) is 0 Å². The van der Waals surface area contributed by atoms with Crippen molar-refractivity contribution in [3.05, 3.63) is 39.9 Å². The van der Waals surface area contributed by atoms with Crippen LogP contribution in [0.25, 0.3) is 0 Å². The van der Waals surface area contributed by atoms with E-state index in [4.69, 9.17) is 16.3 Å². The highest BCUT2D eigenvalue weighted by Crippen LogP contribution is 2.31. The van der Waals surface area contributed by atoms with Gasteiger partial charge < -0.3 is 4.74 Å². The molecule has 0 bridgehead atoms. The summed E-state index contributed by atoms with van der Waals surface area (Å²) in [5.41, 5.74) is 0.963. The number of benzene rings is 1. The summed E-state index contributed by atoms with van der Waals surface area (Å²) in [4.78, 5) is 2.21. The lowest BCUT2D eigenvalue weighted by molar-refractivity contribution is -0.0633. The predicted molar refractivity (Wildman–Crippen MR) is 93.0 cm³/mol. The van der Waals surface area contributed by atoms with Gasteiger partial charge in [-0.3, -0.25) is 4.90 Å². The quantitative estimate of drug-likeness (QED) is 0.802. The van der Waals surface area contributed by atoms with Gasteiger partial charge >= 0.3 is 0 Å². The van der Waals surface area contributed by atoms with Crippen LogP contribution in [-0.2, 0) is 21.1 Å². The van der Waals surface area contributed by atoms with E-state index in [1.54, 1.807) is 0 Å². The van der Waals surface area contributed by atoms with E-state index in [1.165, 1.54) is 0 Å². The van der Waals surface area contributed by atoms with Gasteiger partial charge in [-0.1, -0.05) is 41.1 Å². The molecule has 1 aromatic heterocycles. The van der Waals surface area contributed by atoms with E-state index in [-0.39, 0.29) is 16.5 Å². The Morgan fingerprint density at radius 2 is 2.12 bits per heavy atom. The minimum absolute atomic E-state index is 0.0565. The maximum absolute atomic E-state index is 11.5. The summed E-state index contributed by atoms with van der Waals surface area (Å²) in [6.45, 7) is 3.85. The maximum atomic E-state index is 11.5. The molecular weight excluding hydrogens is 370 g/mol. The molecule has 0 saturated carbocycles. The lowest BCUT2D eigenvalue weighted by atomic mass is 10.1. The summed E-state index contributed by atoms with van der Waals surface area (Å²) < 4.78 is 29.1. The van der Waals surface area contributed by atoms with Crippen LogP contribution >= 0.6 is 22.9 Å². The first kappa shape index (κ1) is 17.8. The number of ether oxygens (including phenoxy) is 1. The Hall–Kier alpha value is -1.06. The standard InChI is InChI=1S/C15H18ClN3O3S2/c1-10-9-22-13(11-5-3-4-6-12(11)16)7-19(10)8-14-17-18-15(23-14)24(2,20)21/h3-6,10,13H,7-9H2,1-2H3/t10-,13-/m0/s1. The number of morpholine rings is 1. The number of aromatic nitrogens is 2. The van der Waals surface area contributed by atoms with Crippen molar-refractivity contribution < 1.29 is 13.2 Å². The van der Waals surface area contributed by atoms with Crippen LogP contribution in [0.3, 0.4) is 0 Å². The Balaban J connectivity index is 1.75. The van der Waals surface area contributed by atoms with Crippen LogP contribution in [0, 0.1) is 0 Å². The van der Waals surface area contributed by atoms with E-state index in [2.05, 4.69) is 22.0 Å². The minimum Gasteiger partial charge on any atom is -0.371 e. The van der Waals surface area contributed by atoms with E-state index >= 15 is 0 Å². The average molecular weight is 388 g/mol. The van der Waals surface area contributed by atoms with Crippen molar-refractivity contribution >= 4 is 32.8 Å². The molecule has 2 heterocycles. The molecule has 130 valence electrons. The molecule has 1 aliphatic heterocycles. The van der Waals surface area contributed by atoms with Gasteiger partial charge in [-0.25, -0.2) is 8.42 Å². The number of sulfone groups is 1. The molecule has 0 radical (unpaired) electrons. The highest BCUT2D eigenvalue weighted by atomic mass is 35.5. The second-order valence-electron chi connectivity index (χ2n) is 5.86. The molecule has 6 nitrogen and oxygen atoms in total. The van der Waals surface area contributed by atoms with Gasteiger partial charge in [-0.15, -0.1) is 10.2 Å². The third kappa shape index (κ3) is 3.94. The lowest BCUT2D eigenvalue weighted by Gasteiger charge is -2.37. The molecule has 9 heteroatoms. The number of nitrogens with zero attached hydrogens (tertiary/aromatic N) is 3. The van der Waals surface area contributed by atoms with Gasteiger partial charge in [-0.05, 0) is 13.0 Å². The Morgan fingerprint density at radius 3 is 2.79 bits per heavy atom. The zero-order chi connectivity index (χ0) is 17.3. The Kier molecular flexibility index (Phi) is 5.22. The molecule has 0 unspecified atom stereocenters. The van der Waals surface area contributed by atoms with Crippen LogP contribution in [0.2, 0.25) is 5.02 Å². The summed E-state index contributed by atoms with van der Waals surface area (Å²) in [7, 11) is -3.31. The zero-order valence-corrected chi connectivity index (χ0v) is 15.7. The number of hydrogen-bond acceptors (Lipinski definition) is 7. The molecule has 2 atom stereocenters. The van der Waals surface area contributed by atoms with E-state index in [9.17, 15) is 8.42 Å². The van der Waals surface area contributed by atoms with Gasteiger partial charge in [0.05, 0.1) is 19.3 Å². The number of halogens is 1. The third-order valence-corrected chi connectivity index (χ3v) is 6.84. The smallest absolute Gasteiger partial charge is 0.232 e. The molecule has 24 heavy (non-hydrogen) atoms. The molecule has 1 saturated heterocycles. The highest BCUT2D eigenvalue weighted by Gasteiger charge is 2.29. The van der Waals surface area contributed by atoms with Crippen molar-refractivity contribution in [1.29, 1.82) is 0 Å². The van der Waals surface area contributed by atoms with Crippen molar-refractivity contribution in [1.82, 2.24) is 15.1 Å². The molecule has 0 N–H and O–H groups in total. The fraction of sp³-hybridized carbons (Fsp3) is 0.467. The van der Waals surface area contributed by atoms with E-state index in [0.717, 1.165) is 23.2 Å². The van der Waals surface area contributed by atoms with Gasteiger partial charge in [0, 0.05) is 29.4 Å².